The van der Waals surface area contributed by atoms with E-state index in [4.69, 9.17) is 9.47 Å². The summed E-state index contributed by atoms with van der Waals surface area (Å²) < 4.78 is 80.2. The fourth-order valence-electron chi connectivity index (χ4n) is 4.14. The number of alkyl halides is 3. The van der Waals surface area contributed by atoms with Crippen LogP contribution in [-0.2, 0) is 14.3 Å². The lowest BCUT2D eigenvalue weighted by atomic mass is 9.90. The molecule has 0 amide bonds. The van der Waals surface area contributed by atoms with Crippen molar-refractivity contribution in [3.8, 4) is 16.9 Å². The first kappa shape index (κ1) is 26.3. The Kier molecular flexibility index (Phi) is 7.87. The molecular formula is C27H22F5NO4. The Bertz CT molecular complexity index is 1250. The fraction of sp³-hybridized carbons (Fsp3) is 0.259. The number of rotatable bonds is 8. The number of aliphatic imine (C=N–C) groups is 1. The van der Waals surface area contributed by atoms with E-state index in [1.165, 1.54) is 37.4 Å². The summed E-state index contributed by atoms with van der Waals surface area (Å²) in [6, 6.07) is 15.0. The fourth-order valence-corrected chi connectivity index (χ4v) is 4.14. The van der Waals surface area contributed by atoms with Crippen molar-refractivity contribution in [3.63, 3.8) is 0 Å². The number of carbonyl (C=O) groups is 1. The molecular weight excluding hydrogens is 497 g/mol. The second kappa shape index (κ2) is 11.1. The summed E-state index contributed by atoms with van der Waals surface area (Å²) in [4.78, 5) is 17.3. The van der Waals surface area contributed by atoms with Gasteiger partial charge in [0, 0.05) is 19.2 Å². The molecule has 194 valence electrons. The Labute approximate surface area is 209 Å². The van der Waals surface area contributed by atoms with Gasteiger partial charge in [0.1, 0.15) is 24.0 Å². The van der Waals surface area contributed by atoms with Gasteiger partial charge in [-0.15, -0.1) is 13.2 Å². The zero-order valence-electron chi connectivity index (χ0n) is 19.6. The van der Waals surface area contributed by atoms with Gasteiger partial charge in [0.2, 0.25) is 0 Å². The number of methoxy groups -OCH3 is 1. The molecule has 0 N–H and O–H groups in total. The minimum Gasteiger partial charge on any atom is -0.463 e. The van der Waals surface area contributed by atoms with E-state index >= 15 is 0 Å². The number of nitrogens with zero attached hydrogens (tertiary/aromatic N) is 1. The van der Waals surface area contributed by atoms with E-state index in [9.17, 15) is 26.7 Å². The van der Waals surface area contributed by atoms with Gasteiger partial charge < -0.3 is 14.2 Å². The highest BCUT2D eigenvalue weighted by Crippen LogP contribution is 2.39. The van der Waals surface area contributed by atoms with Crippen LogP contribution in [0.2, 0.25) is 0 Å². The summed E-state index contributed by atoms with van der Waals surface area (Å²) in [6.45, 7) is 0.217. The smallest absolute Gasteiger partial charge is 0.463 e. The maximum Gasteiger partial charge on any atom is 0.573 e. The lowest BCUT2D eigenvalue weighted by Crippen LogP contribution is -2.23. The molecule has 0 saturated heterocycles. The van der Waals surface area contributed by atoms with Gasteiger partial charge in [-0.1, -0.05) is 42.5 Å². The molecule has 2 atom stereocenters. The number of halogens is 5. The lowest BCUT2D eigenvalue weighted by Gasteiger charge is -2.17. The zero-order chi connectivity index (χ0) is 26.6. The predicted molar refractivity (Wildman–Crippen MR) is 125 cm³/mol. The molecule has 0 spiro atoms. The predicted octanol–water partition coefficient (Wildman–Crippen LogP) is 6.27. The largest absolute Gasteiger partial charge is 0.573 e. The highest BCUT2D eigenvalue weighted by molar-refractivity contribution is 6.04. The first-order valence-corrected chi connectivity index (χ1v) is 11.3. The Hall–Kier alpha value is -3.79. The van der Waals surface area contributed by atoms with Crippen LogP contribution in [0.4, 0.5) is 22.0 Å². The topological polar surface area (TPSA) is 57.1 Å². The summed E-state index contributed by atoms with van der Waals surface area (Å²) in [5.74, 6) is -3.27. The number of benzene rings is 3. The molecule has 37 heavy (non-hydrogen) atoms. The molecule has 0 saturated carbocycles. The minimum absolute atomic E-state index is 0.0171. The molecule has 0 aromatic heterocycles. The van der Waals surface area contributed by atoms with Crippen molar-refractivity contribution < 1.29 is 41.0 Å². The van der Waals surface area contributed by atoms with E-state index in [2.05, 4.69) is 9.73 Å². The summed E-state index contributed by atoms with van der Waals surface area (Å²) in [7, 11) is 1.47. The van der Waals surface area contributed by atoms with Crippen LogP contribution in [0.5, 0.6) is 5.75 Å². The summed E-state index contributed by atoms with van der Waals surface area (Å²) in [6.07, 6.45) is -4.80. The van der Waals surface area contributed by atoms with E-state index in [-0.39, 0.29) is 36.7 Å². The van der Waals surface area contributed by atoms with Crippen molar-refractivity contribution in [3.05, 3.63) is 89.5 Å². The van der Waals surface area contributed by atoms with Gasteiger partial charge >= 0.3 is 12.3 Å². The van der Waals surface area contributed by atoms with E-state index in [0.717, 1.165) is 12.1 Å². The van der Waals surface area contributed by atoms with Gasteiger partial charge in [-0.05, 0) is 41.0 Å². The first-order valence-electron chi connectivity index (χ1n) is 11.3. The first-order chi connectivity index (χ1) is 17.7. The van der Waals surface area contributed by atoms with Gasteiger partial charge in [0.05, 0.1) is 24.1 Å². The van der Waals surface area contributed by atoms with Crippen LogP contribution < -0.4 is 4.74 Å². The van der Waals surface area contributed by atoms with Crippen LogP contribution in [0.1, 0.15) is 23.6 Å². The molecule has 0 aliphatic carbocycles. The van der Waals surface area contributed by atoms with E-state index in [1.807, 2.05) is 0 Å². The van der Waals surface area contributed by atoms with Crippen molar-refractivity contribution in [2.75, 3.05) is 20.3 Å². The van der Waals surface area contributed by atoms with Gasteiger partial charge in [-0.3, -0.25) is 9.79 Å². The average Bonchev–Trinajstić information content (AvgIpc) is 3.29. The summed E-state index contributed by atoms with van der Waals surface area (Å²) >= 11 is 0. The van der Waals surface area contributed by atoms with Crippen LogP contribution in [0.25, 0.3) is 11.1 Å². The molecule has 2 unspecified atom stereocenters. The number of esters is 1. The lowest BCUT2D eigenvalue weighted by molar-refractivity contribution is -0.274. The van der Waals surface area contributed by atoms with Crippen LogP contribution in [0, 0.1) is 17.6 Å². The second-order valence-electron chi connectivity index (χ2n) is 8.28. The Morgan fingerprint density at radius 3 is 2.08 bits per heavy atom. The van der Waals surface area contributed by atoms with Gasteiger partial charge in [0.15, 0.2) is 0 Å². The standard InChI is InChI=1S/C27H22F5NO4/c1-35-13-14-36-26(34)20-15-23(24-21(28)3-2-4-22(24)29)33-25(20)18-7-5-16(6-8-18)17-9-11-19(12-10-17)37-27(30,31)32/h2-12,20,25H,13-15H2,1H3. The van der Waals surface area contributed by atoms with Crippen molar-refractivity contribution >= 4 is 11.7 Å². The molecule has 1 aliphatic heterocycles. The minimum atomic E-state index is -4.78. The molecule has 5 nitrogen and oxygen atoms in total. The van der Waals surface area contributed by atoms with Crippen LogP contribution in [0.3, 0.4) is 0 Å². The normalized spacial score (nSPS) is 17.4. The molecule has 0 fully saturated rings. The molecule has 0 bridgehead atoms. The van der Waals surface area contributed by atoms with Crippen LogP contribution in [-0.4, -0.2) is 38.4 Å². The molecule has 1 aliphatic rings. The zero-order valence-corrected chi connectivity index (χ0v) is 19.6. The molecule has 4 rings (SSSR count). The van der Waals surface area contributed by atoms with Crippen molar-refractivity contribution in [2.45, 2.75) is 18.8 Å². The maximum absolute atomic E-state index is 14.4. The highest BCUT2D eigenvalue weighted by Gasteiger charge is 2.39. The van der Waals surface area contributed by atoms with Crippen molar-refractivity contribution in [2.24, 2.45) is 10.9 Å². The summed E-state index contributed by atoms with van der Waals surface area (Å²) in [5.41, 5.74) is 1.79. The van der Waals surface area contributed by atoms with Gasteiger partial charge in [-0.2, -0.15) is 0 Å². The molecule has 3 aromatic rings. The SMILES string of the molecule is COCCOC(=O)C1CC(c2c(F)cccc2F)=NC1c1ccc(-c2ccc(OC(F)(F)F)cc2)cc1. The molecule has 1 heterocycles. The number of carbonyl (C=O) groups excluding carboxylic acids is 1. The van der Waals surface area contributed by atoms with Crippen LogP contribution in [0.15, 0.2) is 71.7 Å². The third-order valence-corrected chi connectivity index (χ3v) is 5.85. The number of hydrogen-bond donors (Lipinski definition) is 0. The Morgan fingerprint density at radius 2 is 1.51 bits per heavy atom. The van der Waals surface area contributed by atoms with Gasteiger partial charge in [0.25, 0.3) is 0 Å². The maximum atomic E-state index is 14.4. The van der Waals surface area contributed by atoms with E-state index in [1.54, 1.807) is 24.3 Å². The molecule has 0 radical (unpaired) electrons. The van der Waals surface area contributed by atoms with Crippen LogP contribution >= 0.6 is 0 Å². The van der Waals surface area contributed by atoms with Crippen molar-refractivity contribution in [1.29, 1.82) is 0 Å². The molecule has 10 heteroatoms. The number of hydrogen-bond acceptors (Lipinski definition) is 5. The van der Waals surface area contributed by atoms with E-state index < -0.39 is 35.9 Å². The van der Waals surface area contributed by atoms with E-state index in [0.29, 0.717) is 16.7 Å². The second-order valence-corrected chi connectivity index (χ2v) is 8.28. The van der Waals surface area contributed by atoms with Crippen molar-refractivity contribution in [1.82, 2.24) is 0 Å². The molecule has 3 aromatic carbocycles. The quantitative estimate of drug-likeness (QED) is 0.200. The monoisotopic (exact) mass is 519 g/mol. The third-order valence-electron chi connectivity index (χ3n) is 5.85. The average molecular weight is 519 g/mol. The number of ether oxygens (including phenoxy) is 3. The third kappa shape index (κ3) is 6.32. The Morgan fingerprint density at radius 1 is 0.919 bits per heavy atom. The highest BCUT2D eigenvalue weighted by atomic mass is 19.4. The summed E-state index contributed by atoms with van der Waals surface area (Å²) in [5, 5.41) is 0. The Balaban J connectivity index is 1.60. The van der Waals surface area contributed by atoms with Gasteiger partial charge in [-0.25, -0.2) is 8.78 Å².